The van der Waals surface area contributed by atoms with E-state index in [9.17, 15) is 4.79 Å². The zero-order chi connectivity index (χ0) is 15.0. The average molecular weight is 284 g/mol. The highest BCUT2D eigenvalue weighted by Gasteiger charge is 2.27. The van der Waals surface area contributed by atoms with Crippen LogP contribution < -0.4 is 4.90 Å². The van der Waals surface area contributed by atoms with Crippen LogP contribution in [0.2, 0.25) is 0 Å². The van der Waals surface area contributed by atoms with Gasteiger partial charge in [-0.15, -0.1) is 0 Å². The van der Waals surface area contributed by atoms with Crippen molar-refractivity contribution in [2.75, 3.05) is 19.0 Å². The molecule has 0 aliphatic heterocycles. The van der Waals surface area contributed by atoms with Crippen LogP contribution in [0.15, 0.2) is 28.8 Å². The van der Waals surface area contributed by atoms with Crippen LogP contribution in [0.1, 0.15) is 46.4 Å². The number of anilines is 1. The lowest BCUT2D eigenvalue weighted by Crippen LogP contribution is -2.15. The maximum absolute atomic E-state index is 11.3. The molecule has 0 saturated heterocycles. The average Bonchev–Trinajstić information content (AvgIpc) is 2.90. The van der Waals surface area contributed by atoms with E-state index in [0.29, 0.717) is 5.92 Å². The van der Waals surface area contributed by atoms with Gasteiger partial charge in [0.25, 0.3) is 0 Å². The Hall–Kier alpha value is -2.10. The standard InChI is InChI=1S/C17H20N2O2/c1-11(20)12-4-6-13(7-5-12)14-8-9-15-16(10-14)18-21-17(15)19(2)3/h4-7,14H,8-10H2,1-3H3. The van der Waals surface area contributed by atoms with Crippen LogP contribution in [-0.4, -0.2) is 25.0 Å². The number of fused-ring (bicyclic) bond motifs is 1. The molecule has 1 atom stereocenters. The summed E-state index contributed by atoms with van der Waals surface area (Å²) >= 11 is 0. The molecule has 0 fully saturated rings. The number of carbonyl (C=O) groups excluding carboxylic acids is 1. The molecule has 0 radical (unpaired) electrons. The molecule has 2 aromatic rings. The summed E-state index contributed by atoms with van der Waals surface area (Å²) in [5.74, 6) is 1.45. The summed E-state index contributed by atoms with van der Waals surface area (Å²) in [6.45, 7) is 1.60. The third kappa shape index (κ3) is 2.58. The van der Waals surface area contributed by atoms with Gasteiger partial charge in [0, 0.05) is 31.6 Å². The Balaban J connectivity index is 1.81. The van der Waals surface area contributed by atoms with Gasteiger partial charge in [0.2, 0.25) is 5.88 Å². The second-order valence-corrected chi connectivity index (χ2v) is 5.93. The van der Waals surface area contributed by atoms with Gasteiger partial charge in [-0.05, 0) is 31.2 Å². The molecule has 1 aromatic heterocycles. The van der Waals surface area contributed by atoms with Crippen molar-refractivity contribution in [3.05, 3.63) is 46.6 Å². The summed E-state index contributed by atoms with van der Waals surface area (Å²) in [5.41, 5.74) is 4.37. The second kappa shape index (κ2) is 5.35. The lowest BCUT2D eigenvalue weighted by Gasteiger charge is -2.22. The Morgan fingerprint density at radius 1 is 1.29 bits per heavy atom. The molecule has 3 rings (SSSR count). The zero-order valence-electron chi connectivity index (χ0n) is 12.7. The molecule has 110 valence electrons. The van der Waals surface area contributed by atoms with Crippen molar-refractivity contribution in [3.8, 4) is 0 Å². The predicted molar refractivity (Wildman–Crippen MR) is 82.0 cm³/mol. The number of carbonyl (C=O) groups is 1. The Morgan fingerprint density at radius 3 is 2.62 bits per heavy atom. The number of hydrogen-bond donors (Lipinski definition) is 0. The molecule has 1 aromatic carbocycles. The van der Waals surface area contributed by atoms with Gasteiger partial charge >= 0.3 is 0 Å². The minimum atomic E-state index is 0.111. The van der Waals surface area contributed by atoms with Crippen molar-refractivity contribution in [2.24, 2.45) is 0 Å². The van der Waals surface area contributed by atoms with Crippen molar-refractivity contribution in [1.82, 2.24) is 5.16 Å². The van der Waals surface area contributed by atoms with Gasteiger partial charge in [-0.2, -0.15) is 0 Å². The third-order valence-electron chi connectivity index (χ3n) is 4.23. The molecule has 4 heteroatoms. The van der Waals surface area contributed by atoms with Crippen LogP contribution in [0, 0.1) is 0 Å². The van der Waals surface area contributed by atoms with E-state index in [0.717, 1.165) is 36.4 Å². The summed E-state index contributed by atoms with van der Waals surface area (Å²) in [6.07, 6.45) is 2.99. The number of benzene rings is 1. The summed E-state index contributed by atoms with van der Waals surface area (Å²) in [7, 11) is 3.96. The van der Waals surface area contributed by atoms with E-state index in [4.69, 9.17) is 4.52 Å². The molecule has 0 bridgehead atoms. The van der Waals surface area contributed by atoms with Gasteiger partial charge < -0.3 is 9.42 Å². The van der Waals surface area contributed by atoms with Gasteiger partial charge in [-0.25, -0.2) is 0 Å². The quantitative estimate of drug-likeness (QED) is 0.812. The number of rotatable bonds is 3. The lowest BCUT2D eigenvalue weighted by atomic mass is 9.82. The fraction of sp³-hybridized carbons (Fsp3) is 0.412. The van der Waals surface area contributed by atoms with Gasteiger partial charge in [0.1, 0.15) is 0 Å². The fourth-order valence-corrected chi connectivity index (χ4v) is 3.02. The van der Waals surface area contributed by atoms with Crippen molar-refractivity contribution in [1.29, 1.82) is 0 Å². The first-order valence-electron chi connectivity index (χ1n) is 7.32. The Bertz CT molecular complexity index is 656. The maximum Gasteiger partial charge on any atom is 0.230 e. The van der Waals surface area contributed by atoms with Crippen LogP contribution in [0.5, 0.6) is 0 Å². The van der Waals surface area contributed by atoms with E-state index in [1.807, 2.05) is 31.1 Å². The van der Waals surface area contributed by atoms with E-state index < -0.39 is 0 Å². The highest BCUT2D eigenvalue weighted by Crippen LogP contribution is 2.36. The minimum Gasteiger partial charge on any atom is -0.347 e. The molecule has 21 heavy (non-hydrogen) atoms. The number of aromatic nitrogens is 1. The summed E-state index contributed by atoms with van der Waals surface area (Å²) in [4.78, 5) is 13.3. The van der Waals surface area contributed by atoms with Gasteiger partial charge in [-0.3, -0.25) is 4.79 Å². The predicted octanol–water partition coefficient (Wildman–Crippen LogP) is 3.22. The van der Waals surface area contributed by atoms with Gasteiger partial charge in [-0.1, -0.05) is 29.4 Å². The Labute approximate surface area is 124 Å². The van der Waals surface area contributed by atoms with Gasteiger partial charge in [0.15, 0.2) is 5.78 Å². The topological polar surface area (TPSA) is 46.3 Å². The van der Waals surface area contributed by atoms with Crippen LogP contribution in [0.3, 0.4) is 0 Å². The molecule has 1 aliphatic carbocycles. The number of hydrogen-bond acceptors (Lipinski definition) is 4. The molecule has 0 saturated carbocycles. The van der Waals surface area contributed by atoms with Crippen LogP contribution in [0.4, 0.5) is 5.88 Å². The van der Waals surface area contributed by atoms with E-state index in [2.05, 4.69) is 17.3 Å². The smallest absolute Gasteiger partial charge is 0.230 e. The summed E-state index contributed by atoms with van der Waals surface area (Å²) < 4.78 is 5.45. The van der Waals surface area contributed by atoms with E-state index in [-0.39, 0.29) is 5.78 Å². The van der Waals surface area contributed by atoms with Crippen LogP contribution in [0.25, 0.3) is 0 Å². The fourth-order valence-electron chi connectivity index (χ4n) is 3.02. The molecule has 0 N–H and O–H groups in total. The summed E-state index contributed by atoms with van der Waals surface area (Å²) in [5, 5.41) is 4.23. The molecular weight excluding hydrogens is 264 g/mol. The Kier molecular flexibility index (Phi) is 3.53. The molecular formula is C17H20N2O2. The highest BCUT2D eigenvalue weighted by molar-refractivity contribution is 5.94. The highest BCUT2D eigenvalue weighted by atomic mass is 16.5. The SMILES string of the molecule is CC(=O)c1ccc(C2CCc3c(noc3N(C)C)C2)cc1. The van der Waals surface area contributed by atoms with E-state index in [1.165, 1.54) is 11.1 Å². The first-order valence-corrected chi connectivity index (χ1v) is 7.32. The van der Waals surface area contributed by atoms with Gasteiger partial charge in [0.05, 0.1) is 5.69 Å². The van der Waals surface area contributed by atoms with Crippen molar-refractivity contribution >= 4 is 11.7 Å². The largest absolute Gasteiger partial charge is 0.347 e. The zero-order valence-corrected chi connectivity index (χ0v) is 12.7. The molecule has 1 unspecified atom stereocenters. The number of ketones is 1. The maximum atomic E-state index is 11.3. The number of Topliss-reactive ketones (excluding diaryl/α,β-unsaturated/α-hetero) is 1. The normalized spacial score (nSPS) is 17.4. The molecule has 0 amide bonds. The van der Waals surface area contributed by atoms with Crippen molar-refractivity contribution in [2.45, 2.75) is 32.1 Å². The lowest BCUT2D eigenvalue weighted by molar-refractivity contribution is 0.101. The monoisotopic (exact) mass is 284 g/mol. The molecule has 1 heterocycles. The molecule has 0 spiro atoms. The van der Waals surface area contributed by atoms with Crippen LogP contribution in [-0.2, 0) is 12.8 Å². The summed E-state index contributed by atoms with van der Waals surface area (Å²) in [6, 6.07) is 7.97. The first kappa shape index (κ1) is 13.9. The van der Waals surface area contributed by atoms with Crippen molar-refractivity contribution < 1.29 is 9.32 Å². The van der Waals surface area contributed by atoms with Crippen LogP contribution >= 0.6 is 0 Å². The molecule has 1 aliphatic rings. The number of nitrogens with zero attached hydrogens (tertiary/aromatic N) is 2. The molecule has 4 nitrogen and oxygen atoms in total. The van der Waals surface area contributed by atoms with E-state index in [1.54, 1.807) is 6.92 Å². The Morgan fingerprint density at radius 2 is 2.00 bits per heavy atom. The van der Waals surface area contributed by atoms with E-state index >= 15 is 0 Å². The first-order chi connectivity index (χ1) is 10.1. The third-order valence-corrected chi connectivity index (χ3v) is 4.23. The van der Waals surface area contributed by atoms with Crippen molar-refractivity contribution in [3.63, 3.8) is 0 Å². The second-order valence-electron chi connectivity index (χ2n) is 5.93. The minimum absolute atomic E-state index is 0.111.